The van der Waals surface area contributed by atoms with Gasteiger partial charge in [0.25, 0.3) is 0 Å². The number of nitrogens with zero attached hydrogens (tertiary/aromatic N) is 1. The van der Waals surface area contributed by atoms with Crippen LogP contribution < -0.4 is 5.32 Å². The van der Waals surface area contributed by atoms with Crippen LogP contribution in [-0.2, 0) is 0 Å². The van der Waals surface area contributed by atoms with Crippen molar-refractivity contribution in [3.05, 3.63) is 65.0 Å². The fourth-order valence-electron chi connectivity index (χ4n) is 2.18. The highest BCUT2D eigenvalue weighted by molar-refractivity contribution is 5.34. The first-order valence-corrected chi connectivity index (χ1v) is 6.72. The zero-order chi connectivity index (χ0) is 14.5. The Kier molecular flexibility index (Phi) is 4.79. The molecule has 0 amide bonds. The van der Waals surface area contributed by atoms with Crippen molar-refractivity contribution in [2.75, 3.05) is 6.54 Å². The summed E-state index contributed by atoms with van der Waals surface area (Å²) in [6.45, 7) is 4.59. The Labute approximate surface area is 117 Å². The summed E-state index contributed by atoms with van der Waals surface area (Å²) in [6, 6.07) is 5.97. The van der Waals surface area contributed by atoms with Gasteiger partial charge in [0.1, 0.15) is 11.6 Å². The maximum Gasteiger partial charge on any atom is 0.146 e. The average molecular weight is 276 g/mol. The second kappa shape index (κ2) is 6.57. The number of hydrogen-bond donors (Lipinski definition) is 1. The number of nitrogens with one attached hydrogen (secondary N) is 1. The zero-order valence-corrected chi connectivity index (χ0v) is 11.7. The van der Waals surface area contributed by atoms with E-state index in [0.717, 1.165) is 18.2 Å². The number of hydrogen-bond acceptors (Lipinski definition) is 2. The van der Waals surface area contributed by atoms with Crippen LogP contribution in [0.25, 0.3) is 0 Å². The van der Waals surface area contributed by atoms with Crippen LogP contribution in [0.2, 0.25) is 0 Å². The van der Waals surface area contributed by atoms with Crippen molar-refractivity contribution in [2.24, 2.45) is 0 Å². The second-order valence-electron chi connectivity index (χ2n) is 4.81. The fourth-order valence-corrected chi connectivity index (χ4v) is 2.18. The van der Waals surface area contributed by atoms with Crippen LogP contribution in [0.4, 0.5) is 8.78 Å². The molecule has 0 spiro atoms. The summed E-state index contributed by atoms with van der Waals surface area (Å²) in [6.07, 6.45) is 3.56. The van der Waals surface area contributed by atoms with Crippen LogP contribution >= 0.6 is 0 Å². The average Bonchev–Trinajstić information content (AvgIpc) is 2.44. The van der Waals surface area contributed by atoms with E-state index in [9.17, 15) is 8.78 Å². The third kappa shape index (κ3) is 3.20. The molecule has 1 unspecified atom stereocenters. The largest absolute Gasteiger partial charge is 0.306 e. The lowest BCUT2D eigenvalue weighted by Gasteiger charge is -2.21. The van der Waals surface area contributed by atoms with Crippen molar-refractivity contribution in [3.63, 3.8) is 0 Å². The van der Waals surface area contributed by atoms with Crippen molar-refractivity contribution in [1.29, 1.82) is 0 Å². The molecule has 0 fully saturated rings. The van der Waals surface area contributed by atoms with E-state index in [1.54, 1.807) is 18.2 Å². The lowest BCUT2D eigenvalue weighted by atomic mass is 9.97. The lowest BCUT2D eigenvalue weighted by molar-refractivity contribution is 0.518. The summed E-state index contributed by atoms with van der Waals surface area (Å²) in [5, 5.41) is 3.20. The van der Waals surface area contributed by atoms with E-state index in [1.165, 1.54) is 12.3 Å². The van der Waals surface area contributed by atoms with E-state index in [-0.39, 0.29) is 5.82 Å². The topological polar surface area (TPSA) is 24.9 Å². The molecule has 0 aliphatic carbocycles. The van der Waals surface area contributed by atoms with Crippen LogP contribution in [0, 0.1) is 18.6 Å². The molecule has 0 saturated carbocycles. The van der Waals surface area contributed by atoms with E-state index in [1.807, 2.05) is 13.8 Å². The Balaban J connectivity index is 2.47. The third-order valence-electron chi connectivity index (χ3n) is 3.18. The van der Waals surface area contributed by atoms with Gasteiger partial charge >= 0.3 is 0 Å². The fraction of sp³-hybridized carbons (Fsp3) is 0.312. The third-order valence-corrected chi connectivity index (χ3v) is 3.18. The SMILES string of the molecule is CCCNC(c1ccncc1F)c1cc(C)ccc1F. The van der Waals surface area contributed by atoms with Crippen LogP contribution in [0.1, 0.15) is 36.1 Å². The van der Waals surface area contributed by atoms with Crippen molar-refractivity contribution in [1.82, 2.24) is 10.3 Å². The van der Waals surface area contributed by atoms with Gasteiger partial charge in [-0.25, -0.2) is 8.78 Å². The highest BCUT2D eigenvalue weighted by atomic mass is 19.1. The molecule has 1 aromatic heterocycles. The first-order valence-electron chi connectivity index (χ1n) is 6.72. The first kappa shape index (κ1) is 14.6. The minimum atomic E-state index is -0.502. The van der Waals surface area contributed by atoms with E-state index < -0.39 is 11.9 Å². The molecule has 1 atom stereocenters. The van der Waals surface area contributed by atoms with Crippen molar-refractivity contribution in [2.45, 2.75) is 26.3 Å². The summed E-state index contributed by atoms with van der Waals surface area (Å²) in [4.78, 5) is 3.74. The molecule has 2 nitrogen and oxygen atoms in total. The Hall–Kier alpha value is -1.81. The monoisotopic (exact) mass is 276 g/mol. The minimum Gasteiger partial charge on any atom is -0.306 e. The van der Waals surface area contributed by atoms with Gasteiger partial charge in [0.15, 0.2) is 0 Å². The molecule has 0 bridgehead atoms. The standard InChI is InChI=1S/C16H18F2N2/c1-3-7-20-16(12-6-8-19-10-15(12)18)13-9-11(2)4-5-14(13)17/h4-6,8-10,16,20H,3,7H2,1-2H3. The van der Waals surface area contributed by atoms with Crippen LogP contribution in [0.3, 0.4) is 0 Å². The minimum absolute atomic E-state index is 0.333. The predicted molar refractivity (Wildman–Crippen MR) is 75.5 cm³/mol. The molecule has 20 heavy (non-hydrogen) atoms. The number of pyridine rings is 1. The molecule has 4 heteroatoms. The smallest absolute Gasteiger partial charge is 0.146 e. The number of rotatable bonds is 5. The normalized spacial score (nSPS) is 12.4. The molecule has 1 heterocycles. The molecular weight excluding hydrogens is 258 g/mol. The van der Waals surface area contributed by atoms with Gasteiger partial charge in [-0.2, -0.15) is 0 Å². The Morgan fingerprint density at radius 3 is 2.65 bits per heavy atom. The molecule has 2 rings (SSSR count). The molecule has 2 aromatic rings. The number of benzene rings is 1. The molecule has 0 aliphatic rings. The zero-order valence-electron chi connectivity index (χ0n) is 11.7. The lowest BCUT2D eigenvalue weighted by Crippen LogP contribution is -2.25. The number of aromatic nitrogens is 1. The molecule has 1 N–H and O–H groups in total. The van der Waals surface area contributed by atoms with Gasteiger partial charge in [-0.15, -0.1) is 0 Å². The maximum atomic E-state index is 14.1. The Morgan fingerprint density at radius 2 is 1.95 bits per heavy atom. The van der Waals surface area contributed by atoms with Gasteiger partial charge in [-0.1, -0.05) is 24.6 Å². The summed E-state index contributed by atoms with van der Waals surface area (Å²) in [5.41, 5.74) is 1.82. The quantitative estimate of drug-likeness (QED) is 0.899. The molecule has 0 radical (unpaired) electrons. The van der Waals surface area contributed by atoms with Gasteiger partial charge in [0.05, 0.1) is 12.2 Å². The van der Waals surface area contributed by atoms with E-state index in [2.05, 4.69) is 10.3 Å². The number of halogens is 2. The first-order chi connectivity index (χ1) is 9.63. The van der Waals surface area contributed by atoms with Crippen molar-refractivity contribution in [3.8, 4) is 0 Å². The summed E-state index contributed by atoms with van der Waals surface area (Å²) in [5.74, 6) is -0.762. The molecule has 0 saturated heterocycles. The van der Waals surface area contributed by atoms with Crippen LogP contribution in [0.15, 0.2) is 36.7 Å². The predicted octanol–water partition coefficient (Wildman–Crippen LogP) is 3.76. The second-order valence-corrected chi connectivity index (χ2v) is 4.81. The van der Waals surface area contributed by atoms with Gasteiger partial charge in [0, 0.05) is 17.3 Å². The molecule has 0 aliphatic heterocycles. The molecule has 106 valence electrons. The van der Waals surface area contributed by atoms with E-state index >= 15 is 0 Å². The highest BCUT2D eigenvalue weighted by Crippen LogP contribution is 2.26. The van der Waals surface area contributed by atoms with Gasteiger partial charge < -0.3 is 5.32 Å². The van der Waals surface area contributed by atoms with Gasteiger partial charge in [-0.05, 0) is 32.0 Å². The van der Waals surface area contributed by atoms with Crippen LogP contribution in [-0.4, -0.2) is 11.5 Å². The summed E-state index contributed by atoms with van der Waals surface area (Å²) in [7, 11) is 0. The highest BCUT2D eigenvalue weighted by Gasteiger charge is 2.20. The maximum absolute atomic E-state index is 14.1. The summed E-state index contributed by atoms with van der Waals surface area (Å²) >= 11 is 0. The Bertz CT molecular complexity index is 584. The van der Waals surface area contributed by atoms with E-state index in [4.69, 9.17) is 0 Å². The van der Waals surface area contributed by atoms with Gasteiger partial charge in [-0.3, -0.25) is 4.98 Å². The van der Waals surface area contributed by atoms with E-state index in [0.29, 0.717) is 17.7 Å². The van der Waals surface area contributed by atoms with Crippen LogP contribution in [0.5, 0.6) is 0 Å². The van der Waals surface area contributed by atoms with Crippen molar-refractivity contribution >= 4 is 0 Å². The summed E-state index contributed by atoms with van der Waals surface area (Å²) < 4.78 is 28.0. The van der Waals surface area contributed by atoms with Gasteiger partial charge in [0.2, 0.25) is 0 Å². The number of aryl methyl sites for hydroxylation is 1. The molecular formula is C16H18F2N2. The molecule has 1 aromatic carbocycles. The Morgan fingerprint density at radius 1 is 1.15 bits per heavy atom. The van der Waals surface area contributed by atoms with Crippen molar-refractivity contribution < 1.29 is 8.78 Å².